The number of nitrogens with one attached hydrogen (secondary N) is 1. The fourth-order valence-electron chi connectivity index (χ4n) is 5.25. The Morgan fingerprint density at radius 3 is 2.34 bits per heavy atom. The van der Waals surface area contributed by atoms with Gasteiger partial charge in [-0.15, -0.1) is 0 Å². The Bertz CT molecular complexity index is 1670. The lowest BCUT2D eigenvalue weighted by atomic mass is 9.66. The van der Waals surface area contributed by atoms with Crippen molar-refractivity contribution in [1.82, 2.24) is 19.1 Å². The van der Waals surface area contributed by atoms with Crippen LogP contribution in [0, 0.1) is 16.7 Å². The van der Waals surface area contributed by atoms with Gasteiger partial charge >= 0.3 is 18.3 Å². The van der Waals surface area contributed by atoms with Crippen molar-refractivity contribution in [3.8, 4) is 17.3 Å². The molecule has 3 saturated carbocycles. The van der Waals surface area contributed by atoms with Crippen molar-refractivity contribution >= 4 is 27.5 Å². The fraction of sp³-hybridized carbons (Fsp3) is 0.391. The van der Waals surface area contributed by atoms with E-state index in [4.69, 9.17) is 15.6 Å². The number of aliphatic hydroxyl groups excluding tert-OH is 1. The predicted molar refractivity (Wildman–Crippen MR) is 127 cm³/mol. The minimum Gasteiger partial charge on any atom is -0.475 e. The maximum Gasteiger partial charge on any atom is 0.490 e. The number of aromatic nitrogens is 3. The molecule has 1 aromatic carbocycles. The van der Waals surface area contributed by atoms with Crippen LogP contribution in [0.25, 0.3) is 16.9 Å². The SMILES string of the molecule is N#Cc1ccc(S(=O)(=O)NC23CCC(CO)(C2)C3)cc1-c1cnc2c(N)nc(C(F)(F)F)cn12.O=C(O)C(F)(F)F. The fourth-order valence-corrected chi connectivity index (χ4v) is 6.70. The number of imidazole rings is 1. The zero-order chi connectivity index (χ0) is 30.6. The number of hydrogen-bond acceptors (Lipinski definition) is 8. The van der Waals surface area contributed by atoms with Gasteiger partial charge < -0.3 is 15.9 Å². The van der Waals surface area contributed by atoms with Gasteiger partial charge in [-0.25, -0.2) is 27.9 Å². The highest BCUT2D eigenvalue weighted by molar-refractivity contribution is 7.89. The summed E-state index contributed by atoms with van der Waals surface area (Å²) in [7, 11) is -4.02. The van der Waals surface area contributed by atoms with Crippen LogP contribution in [-0.2, 0) is 21.0 Å². The third-order valence-corrected chi connectivity index (χ3v) is 8.57. The van der Waals surface area contributed by atoms with Crippen LogP contribution in [0.3, 0.4) is 0 Å². The molecule has 2 heterocycles. The van der Waals surface area contributed by atoms with Gasteiger partial charge in [-0.05, 0) is 49.3 Å². The van der Waals surface area contributed by atoms with Crippen molar-refractivity contribution in [2.24, 2.45) is 5.41 Å². The number of aliphatic carboxylic acids is 1. The predicted octanol–water partition coefficient (Wildman–Crippen LogP) is 3.09. The second-order valence-electron chi connectivity index (χ2n) is 9.87. The van der Waals surface area contributed by atoms with E-state index in [1.165, 1.54) is 24.4 Å². The molecule has 3 aromatic rings. The Balaban J connectivity index is 0.000000493. The van der Waals surface area contributed by atoms with Crippen molar-refractivity contribution in [3.05, 3.63) is 41.9 Å². The van der Waals surface area contributed by atoms with Crippen LogP contribution < -0.4 is 10.5 Å². The van der Waals surface area contributed by atoms with Gasteiger partial charge in [-0.1, -0.05) is 0 Å². The molecule has 0 amide bonds. The minimum absolute atomic E-state index is 0.00365. The summed E-state index contributed by atoms with van der Waals surface area (Å²) >= 11 is 0. The number of nitrogens with zero attached hydrogens (tertiary/aromatic N) is 4. The first-order valence-electron chi connectivity index (χ1n) is 11.6. The van der Waals surface area contributed by atoms with Gasteiger partial charge in [0.15, 0.2) is 17.2 Å². The number of nitrogen functional groups attached to an aromatic ring is 1. The number of carbonyl (C=O) groups is 1. The molecule has 0 atom stereocenters. The zero-order valence-electron chi connectivity index (χ0n) is 20.6. The average molecular weight is 607 g/mol. The van der Waals surface area contributed by atoms with E-state index in [0.717, 1.165) is 10.8 Å². The number of nitriles is 1. The molecule has 11 nitrogen and oxygen atoms in total. The normalized spacial score (nSPS) is 22.0. The molecular weight excluding hydrogens is 586 g/mol. The van der Waals surface area contributed by atoms with Gasteiger partial charge in [0.1, 0.15) is 0 Å². The second-order valence-corrected chi connectivity index (χ2v) is 11.5. The van der Waals surface area contributed by atoms with Crippen LogP contribution in [-0.4, -0.2) is 57.3 Å². The van der Waals surface area contributed by atoms with Gasteiger partial charge in [0.25, 0.3) is 0 Å². The van der Waals surface area contributed by atoms with Crippen molar-refractivity contribution < 1.29 is 49.8 Å². The maximum absolute atomic E-state index is 13.3. The van der Waals surface area contributed by atoms with Crippen LogP contribution in [0.15, 0.2) is 35.5 Å². The Morgan fingerprint density at radius 2 is 1.83 bits per heavy atom. The molecule has 2 aromatic heterocycles. The first kappa shape index (κ1) is 30.0. The maximum atomic E-state index is 13.3. The minimum atomic E-state index is -5.08. The highest BCUT2D eigenvalue weighted by Gasteiger charge is 2.61. The van der Waals surface area contributed by atoms with Crippen molar-refractivity contribution in [2.75, 3.05) is 12.3 Å². The largest absolute Gasteiger partial charge is 0.490 e. The van der Waals surface area contributed by atoms with Crippen LogP contribution in [0.5, 0.6) is 0 Å². The molecule has 2 bridgehead atoms. The van der Waals surface area contributed by atoms with Crippen LogP contribution >= 0.6 is 0 Å². The Kier molecular flexibility index (Phi) is 7.21. The Labute approximate surface area is 227 Å². The zero-order valence-corrected chi connectivity index (χ0v) is 21.4. The highest BCUT2D eigenvalue weighted by Crippen LogP contribution is 2.61. The number of carboxylic acids is 1. The third kappa shape index (κ3) is 5.64. The van der Waals surface area contributed by atoms with E-state index >= 15 is 0 Å². The van der Waals surface area contributed by atoms with Crippen molar-refractivity contribution in [1.29, 1.82) is 5.26 Å². The summed E-state index contributed by atoms with van der Waals surface area (Å²) in [6.07, 6.45) is -5.53. The number of alkyl halides is 6. The molecule has 0 aliphatic heterocycles. The molecule has 0 saturated heterocycles. The van der Waals surface area contributed by atoms with Gasteiger partial charge in [-0.2, -0.15) is 31.6 Å². The first-order chi connectivity index (χ1) is 18.9. The molecule has 6 rings (SSSR count). The smallest absolute Gasteiger partial charge is 0.475 e. The summed E-state index contributed by atoms with van der Waals surface area (Å²) in [6.45, 7) is 0.00365. The van der Waals surface area contributed by atoms with Crippen molar-refractivity contribution in [3.63, 3.8) is 0 Å². The number of fused-ring (bicyclic) bond motifs is 2. The molecule has 41 heavy (non-hydrogen) atoms. The first-order valence-corrected chi connectivity index (χ1v) is 13.0. The van der Waals surface area contributed by atoms with Crippen LogP contribution in [0.4, 0.5) is 32.2 Å². The van der Waals surface area contributed by atoms with Gasteiger partial charge in [-0.3, -0.25) is 4.40 Å². The lowest BCUT2D eigenvalue weighted by Gasteiger charge is -2.46. The number of anilines is 1. The quantitative estimate of drug-likeness (QED) is 0.317. The topological polar surface area (TPSA) is 184 Å². The number of benzene rings is 1. The molecule has 3 aliphatic rings. The molecule has 0 radical (unpaired) electrons. The number of hydrogen-bond donors (Lipinski definition) is 4. The summed E-state index contributed by atoms with van der Waals surface area (Å²) < 4.78 is 102. The lowest BCUT2D eigenvalue weighted by Crippen LogP contribution is -2.56. The van der Waals surface area contributed by atoms with E-state index in [-0.39, 0.29) is 39.4 Å². The van der Waals surface area contributed by atoms with Gasteiger partial charge in [0, 0.05) is 23.9 Å². The molecule has 3 fully saturated rings. The van der Waals surface area contributed by atoms with Gasteiger partial charge in [0.05, 0.1) is 28.4 Å². The molecular formula is C23H20F6N6O5S. The lowest BCUT2D eigenvalue weighted by molar-refractivity contribution is -0.192. The number of sulfonamides is 1. The monoisotopic (exact) mass is 606 g/mol. The molecule has 0 spiro atoms. The molecule has 220 valence electrons. The second kappa shape index (κ2) is 9.85. The third-order valence-electron chi connectivity index (χ3n) is 7.00. The highest BCUT2D eigenvalue weighted by atomic mass is 32.2. The van der Waals surface area contributed by atoms with E-state index in [2.05, 4.69) is 14.7 Å². The summed E-state index contributed by atoms with van der Waals surface area (Å²) in [4.78, 5) is 16.1. The van der Waals surface area contributed by atoms with Crippen LogP contribution in [0.1, 0.15) is 36.9 Å². The summed E-state index contributed by atoms with van der Waals surface area (Å²) in [5.41, 5.74) is 3.68. The van der Waals surface area contributed by atoms with E-state index in [1.54, 1.807) is 0 Å². The number of carboxylic acid groups (broad SMARTS) is 1. The molecule has 0 unspecified atom stereocenters. The molecule has 5 N–H and O–H groups in total. The number of nitrogens with two attached hydrogens (primary N) is 1. The number of halogens is 6. The summed E-state index contributed by atoms with van der Waals surface area (Å²) in [6, 6.07) is 5.74. The van der Waals surface area contributed by atoms with Crippen molar-refractivity contribution in [2.45, 2.75) is 48.5 Å². The summed E-state index contributed by atoms with van der Waals surface area (Å²) in [5.74, 6) is -3.21. The van der Waals surface area contributed by atoms with E-state index < -0.39 is 45.4 Å². The summed E-state index contributed by atoms with van der Waals surface area (Å²) in [5, 5.41) is 26.3. The van der Waals surface area contributed by atoms with E-state index in [1.807, 2.05) is 6.07 Å². The average Bonchev–Trinajstić information content (AvgIpc) is 3.54. The molecule has 18 heteroatoms. The van der Waals surface area contributed by atoms with E-state index in [0.29, 0.717) is 25.5 Å². The Hall–Kier alpha value is -3.95. The van der Waals surface area contributed by atoms with E-state index in [9.17, 15) is 45.1 Å². The van der Waals surface area contributed by atoms with Gasteiger partial charge in [0.2, 0.25) is 10.0 Å². The standard InChI is InChI=1S/C21H19F3N6O3S.C2HF3O2/c22-21(23,24)16-8-30-15(7-27-18(30)17(26)28-16)14-5-13(2-1-12(14)6-25)34(32,33)29-20-4-3-19(9-20,10-20)11-31;3-2(4,5)1(6)7/h1-2,5,7-8,29,31H,3-4,9-11H2,(H2,26,28);(H,6,7). The molecule has 3 aliphatic carbocycles. The Morgan fingerprint density at radius 1 is 1.20 bits per heavy atom. The van der Waals surface area contributed by atoms with Crippen LogP contribution in [0.2, 0.25) is 0 Å². The number of aliphatic hydroxyl groups is 1. The number of rotatable bonds is 5.